The van der Waals surface area contributed by atoms with Gasteiger partial charge in [-0.3, -0.25) is 0 Å². The molecule has 1 rings (SSSR count). The van der Waals surface area contributed by atoms with E-state index in [1.54, 1.807) is 0 Å². The van der Waals surface area contributed by atoms with Crippen LogP contribution < -0.4 is 5.73 Å². The van der Waals surface area contributed by atoms with Crippen molar-refractivity contribution in [1.82, 2.24) is 10.1 Å². The molecule has 0 radical (unpaired) electrons. The molecule has 0 saturated carbocycles. The first-order valence-corrected chi connectivity index (χ1v) is 6.34. The third-order valence-corrected chi connectivity index (χ3v) is 2.57. The Morgan fingerprint density at radius 3 is 2.41 bits per heavy atom. The summed E-state index contributed by atoms with van der Waals surface area (Å²) in [6, 6.07) is 0. The quantitative estimate of drug-likeness (QED) is 0.858. The summed E-state index contributed by atoms with van der Waals surface area (Å²) in [6.45, 7) is 11.4. The van der Waals surface area contributed by atoms with Crippen molar-refractivity contribution in [2.75, 3.05) is 6.54 Å². The highest BCUT2D eigenvalue weighted by Crippen LogP contribution is 2.29. The lowest BCUT2D eigenvalue weighted by molar-refractivity contribution is 0.286. The molecule has 98 valence electrons. The van der Waals surface area contributed by atoms with Gasteiger partial charge in [0.1, 0.15) is 0 Å². The third kappa shape index (κ3) is 4.86. The van der Waals surface area contributed by atoms with E-state index in [2.05, 4.69) is 44.8 Å². The molecule has 0 bridgehead atoms. The monoisotopic (exact) mass is 239 g/mol. The second-order valence-corrected chi connectivity index (χ2v) is 6.34. The van der Waals surface area contributed by atoms with Crippen molar-refractivity contribution < 1.29 is 4.52 Å². The number of aromatic nitrogens is 2. The molecule has 1 unspecified atom stereocenters. The maximum Gasteiger partial charge on any atom is 0.231 e. The number of nitrogens with zero attached hydrogens (tertiary/aromatic N) is 2. The third-order valence-electron chi connectivity index (χ3n) is 2.57. The molecular formula is C13H25N3O. The first-order valence-electron chi connectivity index (χ1n) is 6.34. The van der Waals surface area contributed by atoms with Crippen molar-refractivity contribution in [2.45, 2.75) is 53.4 Å². The average Bonchev–Trinajstić information content (AvgIpc) is 2.60. The zero-order valence-corrected chi connectivity index (χ0v) is 11.7. The van der Waals surface area contributed by atoms with E-state index < -0.39 is 0 Å². The summed E-state index contributed by atoms with van der Waals surface area (Å²) in [6.07, 6.45) is 1.82. The fraction of sp³-hybridized carbons (Fsp3) is 0.846. The Bertz CT molecular complexity index is 339. The molecule has 1 aromatic rings. The molecule has 0 aliphatic rings. The van der Waals surface area contributed by atoms with E-state index in [1.165, 1.54) is 0 Å². The number of rotatable bonds is 5. The molecule has 0 aliphatic heterocycles. The summed E-state index contributed by atoms with van der Waals surface area (Å²) < 4.78 is 5.32. The molecule has 0 fully saturated rings. The van der Waals surface area contributed by atoms with Crippen LogP contribution in [0.2, 0.25) is 0 Å². The Kier molecular flexibility index (Phi) is 4.69. The molecule has 1 heterocycles. The van der Waals surface area contributed by atoms with Crippen molar-refractivity contribution in [3.63, 3.8) is 0 Å². The van der Waals surface area contributed by atoms with Crippen LogP contribution in [-0.4, -0.2) is 16.7 Å². The summed E-state index contributed by atoms with van der Waals surface area (Å²) in [7, 11) is 0. The Balaban J connectivity index is 2.72. The lowest BCUT2D eigenvalue weighted by atomic mass is 9.84. The fourth-order valence-electron chi connectivity index (χ4n) is 1.89. The highest BCUT2D eigenvalue weighted by atomic mass is 16.5. The van der Waals surface area contributed by atoms with Gasteiger partial charge in [-0.15, -0.1) is 0 Å². The summed E-state index contributed by atoms with van der Waals surface area (Å²) in [5.41, 5.74) is 6.01. The normalized spacial score (nSPS) is 14.3. The molecule has 1 aromatic heterocycles. The van der Waals surface area contributed by atoms with Crippen molar-refractivity contribution in [2.24, 2.45) is 17.1 Å². The Morgan fingerprint density at radius 1 is 1.29 bits per heavy atom. The van der Waals surface area contributed by atoms with Crippen LogP contribution in [0.1, 0.15) is 58.7 Å². The molecule has 0 aromatic carbocycles. The topological polar surface area (TPSA) is 64.9 Å². The van der Waals surface area contributed by atoms with Gasteiger partial charge in [0, 0.05) is 13.0 Å². The minimum absolute atomic E-state index is 0.170. The maximum atomic E-state index is 5.79. The van der Waals surface area contributed by atoms with Crippen LogP contribution in [0.5, 0.6) is 0 Å². The molecule has 1 atom stereocenters. The number of hydrogen-bond acceptors (Lipinski definition) is 4. The van der Waals surface area contributed by atoms with Crippen molar-refractivity contribution in [3.05, 3.63) is 11.7 Å². The van der Waals surface area contributed by atoms with E-state index in [-0.39, 0.29) is 11.3 Å². The minimum atomic E-state index is 0.170. The van der Waals surface area contributed by atoms with E-state index in [4.69, 9.17) is 10.3 Å². The second kappa shape index (κ2) is 5.63. The smallest absolute Gasteiger partial charge is 0.231 e. The number of hydrogen-bond donors (Lipinski definition) is 1. The molecule has 17 heavy (non-hydrogen) atoms. The molecule has 0 aliphatic carbocycles. The van der Waals surface area contributed by atoms with E-state index in [0.717, 1.165) is 18.7 Å². The van der Waals surface area contributed by atoms with E-state index in [9.17, 15) is 0 Å². The van der Waals surface area contributed by atoms with Crippen molar-refractivity contribution >= 4 is 0 Å². The molecule has 4 heteroatoms. The predicted molar refractivity (Wildman–Crippen MR) is 68.7 cm³/mol. The lowest BCUT2D eigenvalue weighted by Gasteiger charge is -2.22. The van der Waals surface area contributed by atoms with Crippen LogP contribution in [0.15, 0.2) is 4.52 Å². The maximum absolute atomic E-state index is 5.79. The zero-order valence-electron chi connectivity index (χ0n) is 11.7. The van der Waals surface area contributed by atoms with Crippen LogP contribution in [-0.2, 0) is 6.42 Å². The standard InChI is InChI=1S/C13H25N3O/c1-9(2)6-11-15-12(17-16-11)10(8-14)7-13(3,4)5/h9-10H,6-8,14H2,1-5H3. The Morgan fingerprint density at radius 2 is 1.94 bits per heavy atom. The van der Waals surface area contributed by atoms with E-state index >= 15 is 0 Å². The van der Waals surface area contributed by atoms with Gasteiger partial charge in [0.15, 0.2) is 5.82 Å². The Hall–Kier alpha value is -0.900. The lowest BCUT2D eigenvalue weighted by Crippen LogP contribution is -2.19. The highest BCUT2D eigenvalue weighted by Gasteiger charge is 2.24. The van der Waals surface area contributed by atoms with Gasteiger partial charge in [-0.05, 0) is 17.8 Å². The Labute approximate surface area is 104 Å². The number of nitrogens with two attached hydrogens (primary N) is 1. The summed E-state index contributed by atoms with van der Waals surface area (Å²) in [5.74, 6) is 2.20. The van der Waals surface area contributed by atoms with Crippen LogP contribution in [0.25, 0.3) is 0 Å². The molecule has 0 spiro atoms. The molecule has 4 nitrogen and oxygen atoms in total. The average molecular weight is 239 g/mol. The van der Waals surface area contributed by atoms with Gasteiger partial charge in [0.2, 0.25) is 5.89 Å². The molecule has 0 amide bonds. The van der Waals surface area contributed by atoms with Gasteiger partial charge in [-0.2, -0.15) is 4.98 Å². The van der Waals surface area contributed by atoms with Gasteiger partial charge in [0.25, 0.3) is 0 Å². The predicted octanol–water partition coefficient (Wildman–Crippen LogP) is 2.75. The minimum Gasteiger partial charge on any atom is -0.339 e. The molecular weight excluding hydrogens is 214 g/mol. The van der Waals surface area contributed by atoms with Crippen LogP contribution in [0, 0.1) is 11.3 Å². The first kappa shape index (κ1) is 14.2. The van der Waals surface area contributed by atoms with Gasteiger partial charge in [-0.1, -0.05) is 39.8 Å². The summed E-state index contributed by atoms with van der Waals surface area (Å²) in [4.78, 5) is 4.45. The largest absolute Gasteiger partial charge is 0.339 e. The van der Waals surface area contributed by atoms with Gasteiger partial charge in [-0.25, -0.2) is 0 Å². The van der Waals surface area contributed by atoms with Gasteiger partial charge >= 0.3 is 0 Å². The van der Waals surface area contributed by atoms with Gasteiger partial charge in [0.05, 0.1) is 5.92 Å². The fourth-order valence-corrected chi connectivity index (χ4v) is 1.89. The van der Waals surface area contributed by atoms with Crippen LogP contribution in [0.3, 0.4) is 0 Å². The highest BCUT2D eigenvalue weighted by molar-refractivity contribution is 4.96. The summed E-state index contributed by atoms with van der Waals surface area (Å²) >= 11 is 0. The zero-order chi connectivity index (χ0) is 13.1. The van der Waals surface area contributed by atoms with Crippen molar-refractivity contribution in [3.8, 4) is 0 Å². The van der Waals surface area contributed by atoms with Crippen molar-refractivity contribution in [1.29, 1.82) is 0 Å². The first-order chi connectivity index (χ1) is 7.81. The summed E-state index contributed by atoms with van der Waals surface area (Å²) in [5, 5.41) is 4.01. The molecule has 2 N–H and O–H groups in total. The SMILES string of the molecule is CC(C)Cc1noc(C(CN)CC(C)(C)C)n1. The molecule has 0 saturated heterocycles. The van der Waals surface area contributed by atoms with E-state index in [1.807, 2.05) is 0 Å². The van der Waals surface area contributed by atoms with Crippen LogP contribution in [0.4, 0.5) is 0 Å². The second-order valence-electron chi connectivity index (χ2n) is 6.34. The van der Waals surface area contributed by atoms with Gasteiger partial charge < -0.3 is 10.3 Å². The van der Waals surface area contributed by atoms with E-state index in [0.29, 0.717) is 18.4 Å². The van der Waals surface area contributed by atoms with Crippen LogP contribution >= 0.6 is 0 Å².